The first kappa shape index (κ1) is 33.3. The first-order chi connectivity index (χ1) is 17.9. The van der Waals surface area contributed by atoms with Gasteiger partial charge in [0, 0.05) is 0 Å². The van der Waals surface area contributed by atoms with E-state index in [0.29, 0.717) is 12.8 Å². The normalized spacial score (nSPS) is 12.4. The van der Waals surface area contributed by atoms with Gasteiger partial charge in [0.1, 0.15) is 0 Å². The number of esters is 1. The fourth-order valence-corrected chi connectivity index (χ4v) is 5.94. The van der Waals surface area contributed by atoms with Crippen molar-refractivity contribution < 1.29 is 33.0 Å². The quantitative estimate of drug-likeness (QED) is 0.0839. The second-order valence-electron chi connectivity index (χ2n) is 9.59. The third kappa shape index (κ3) is 13.6. The SMILES string of the molecule is CCCCCCCCOP(=O)(OCCCCCCCC)C(CCCC)OC(=O)c1ccccc1C(=O)O. The molecule has 0 saturated carbocycles. The second-order valence-corrected chi connectivity index (χ2v) is 11.8. The number of ether oxygens (including phenoxy) is 1. The summed E-state index contributed by atoms with van der Waals surface area (Å²) in [4.78, 5) is 24.6. The average molecular weight is 541 g/mol. The van der Waals surface area contributed by atoms with Crippen LogP contribution in [0.5, 0.6) is 0 Å². The number of aromatic carboxylic acids is 1. The van der Waals surface area contributed by atoms with Gasteiger partial charge in [-0.15, -0.1) is 0 Å². The lowest BCUT2D eigenvalue weighted by molar-refractivity contribution is 0.0336. The number of hydrogen-bond acceptors (Lipinski definition) is 6. The Morgan fingerprint density at radius 2 is 1.19 bits per heavy atom. The number of carbonyl (C=O) groups is 2. The van der Waals surface area contributed by atoms with Gasteiger partial charge in [-0.25, -0.2) is 9.59 Å². The van der Waals surface area contributed by atoms with E-state index in [4.69, 9.17) is 13.8 Å². The van der Waals surface area contributed by atoms with Gasteiger partial charge in [-0.2, -0.15) is 0 Å². The molecule has 8 heteroatoms. The molecule has 0 aliphatic rings. The Morgan fingerprint density at radius 1 is 0.730 bits per heavy atom. The first-order valence-electron chi connectivity index (χ1n) is 14.3. The Labute approximate surface area is 224 Å². The van der Waals surface area contributed by atoms with Crippen molar-refractivity contribution in [1.29, 1.82) is 0 Å². The summed E-state index contributed by atoms with van der Waals surface area (Å²) in [6, 6.07) is 5.88. The molecule has 0 aromatic heterocycles. The van der Waals surface area contributed by atoms with Crippen LogP contribution in [0, 0.1) is 0 Å². The number of carbonyl (C=O) groups excluding carboxylic acids is 1. The summed E-state index contributed by atoms with van der Waals surface area (Å²) in [5.41, 5.74) is -0.229. The monoisotopic (exact) mass is 540 g/mol. The molecule has 0 bridgehead atoms. The second kappa shape index (κ2) is 20.3. The van der Waals surface area contributed by atoms with Gasteiger partial charge in [0.2, 0.25) is 5.85 Å². The molecule has 7 nitrogen and oxygen atoms in total. The van der Waals surface area contributed by atoms with Gasteiger partial charge in [0.15, 0.2) is 0 Å². The largest absolute Gasteiger partial charge is 0.478 e. The van der Waals surface area contributed by atoms with Crippen LogP contribution in [0.2, 0.25) is 0 Å². The molecule has 1 aromatic carbocycles. The van der Waals surface area contributed by atoms with Crippen molar-refractivity contribution in [2.75, 3.05) is 13.2 Å². The zero-order valence-corrected chi connectivity index (χ0v) is 24.1. The summed E-state index contributed by atoms with van der Waals surface area (Å²) < 4.78 is 31.5. The van der Waals surface area contributed by atoms with Crippen molar-refractivity contribution in [1.82, 2.24) is 0 Å². The van der Waals surface area contributed by atoms with E-state index >= 15 is 0 Å². The minimum atomic E-state index is -3.79. The van der Waals surface area contributed by atoms with Crippen LogP contribution in [0.15, 0.2) is 24.3 Å². The van der Waals surface area contributed by atoms with Crippen LogP contribution in [-0.2, 0) is 18.3 Å². The van der Waals surface area contributed by atoms with Gasteiger partial charge >= 0.3 is 19.5 Å². The Hall–Kier alpha value is -1.69. The first-order valence-corrected chi connectivity index (χ1v) is 15.9. The van der Waals surface area contributed by atoms with Gasteiger partial charge in [0.25, 0.3) is 0 Å². The number of unbranched alkanes of at least 4 members (excludes halogenated alkanes) is 11. The summed E-state index contributed by atoms with van der Waals surface area (Å²) >= 11 is 0. The Kier molecular flexibility index (Phi) is 18.3. The molecule has 0 aliphatic heterocycles. The third-order valence-electron chi connectivity index (χ3n) is 6.32. The Bertz CT molecular complexity index is 789. The van der Waals surface area contributed by atoms with Crippen molar-refractivity contribution in [3.8, 4) is 0 Å². The van der Waals surface area contributed by atoms with Gasteiger partial charge < -0.3 is 18.9 Å². The van der Waals surface area contributed by atoms with E-state index < -0.39 is 25.4 Å². The van der Waals surface area contributed by atoms with E-state index in [1.807, 2.05) is 6.92 Å². The molecule has 0 amide bonds. The van der Waals surface area contributed by atoms with Gasteiger partial charge in [-0.3, -0.25) is 4.57 Å². The molecule has 1 rings (SSSR count). The molecule has 0 aliphatic carbocycles. The highest BCUT2D eigenvalue weighted by Gasteiger charge is 2.39. The molecule has 1 atom stereocenters. The summed E-state index contributed by atoms with van der Waals surface area (Å²) in [7, 11) is -3.79. The van der Waals surface area contributed by atoms with Crippen molar-refractivity contribution in [3.05, 3.63) is 35.4 Å². The van der Waals surface area contributed by atoms with E-state index in [1.54, 1.807) is 12.1 Å². The van der Waals surface area contributed by atoms with Crippen molar-refractivity contribution >= 4 is 19.5 Å². The van der Waals surface area contributed by atoms with Crippen LogP contribution in [0.1, 0.15) is 138 Å². The summed E-state index contributed by atoms with van der Waals surface area (Å²) in [6.45, 7) is 6.88. The number of carboxylic acids is 1. The standard InChI is InChI=1S/C29H49O7P/c1-4-7-10-12-14-18-23-34-37(33,35-24-19-15-13-11-8-5-2)27(22-9-6-3)36-29(32)26-21-17-16-20-25(26)28(30)31/h16-17,20-21,27H,4-15,18-19,22-24H2,1-3H3,(H,30,31). The predicted molar refractivity (Wildman–Crippen MR) is 148 cm³/mol. The maximum Gasteiger partial charge on any atom is 0.370 e. The topological polar surface area (TPSA) is 99.1 Å². The van der Waals surface area contributed by atoms with Gasteiger partial charge in [-0.1, -0.05) is 104 Å². The molecule has 0 fully saturated rings. The van der Waals surface area contributed by atoms with Crippen LogP contribution >= 0.6 is 7.60 Å². The zero-order valence-electron chi connectivity index (χ0n) is 23.3. The van der Waals surface area contributed by atoms with Crippen molar-refractivity contribution in [2.24, 2.45) is 0 Å². The zero-order chi connectivity index (χ0) is 27.4. The van der Waals surface area contributed by atoms with Crippen LogP contribution < -0.4 is 0 Å². The molecule has 0 heterocycles. The van der Waals surface area contributed by atoms with Crippen molar-refractivity contribution in [2.45, 2.75) is 123 Å². The van der Waals surface area contributed by atoms with E-state index in [2.05, 4.69) is 13.8 Å². The number of carboxylic acid groups (broad SMARTS) is 1. The van der Waals surface area contributed by atoms with Crippen LogP contribution in [0.4, 0.5) is 0 Å². The minimum Gasteiger partial charge on any atom is -0.478 e. The van der Waals surface area contributed by atoms with Gasteiger partial charge in [0.05, 0.1) is 24.3 Å². The molecule has 1 N–H and O–H groups in total. The molecule has 37 heavy (non-hydrogen) atoms. The maximum absolute atomic E-state index is 14.0. The molecule has 212 valence electrons. The highest BCUT2D eigenvalue weighted by atomic mass is 31.2. The van der Waals surface area contributed by atoms with Crippen LogP contribution in [0.3, 0.4) is 0 Å². The predicted octanol–water partition coefficient (Wildman–Crippen LogP) is 9.01. The lowest BCUT2D eigenvalue weighted by Gasteiger charge is -2.27. The van der Waals surface area contributed by atoms with E-state index in [-0.39, 0.29) is 24.3 Å². The fourth-order valence-electron chi connectivity index (χ4n) is 4.05. The number of benzene rings is 1. The molecular formula is C29H49O7P. The highest BCUT2D eigenvalue weighted by Crippen LogP contribution is 2.55. The van der Waals surface area contributed by atoms with Crippen LogP contribution in [0.25, 0.3) is 0 Å². The molecule has 1 unspecified atom stereocenters. The minimum absolute atomic E-state index is 0.0742. The van der Waals surface area contributed by atoms with E-state index in [1.165, 1.54) is 50.7 Å². The summed E-state index contributed by atoms with van der Waals surface area (Å²) in [6.07, 6.45) is 14.5. The van der Waals surface area contributed by atoms with E-state index in [0.717, 1.165) is 44.9 Å². The van der Waals surface area contributed by atoms with Crippen LogP contribution in [-0.4, -0.2) is 36.1 Å². The Balaban J connectivity index is 2.94. The average Bonchev–Trinajstić information content (AvgIpc) is 2.89. The molecule has 0 spiro atoms. The van der Waals surface area contributed by atoms with Gasteiger partial charge in [-0.05, 0) is 37.8 Å². The fraction of sp³-hybridized carbons (Fsp3) is 0.724. The maximum atomic E-state index is 14.0. The summed E-state index contributed by atoms with van der Waals surface area (Å²) in [5.74, 6) is -3.13. The smallest absolute Gasteiger partial charge is 0.370 e. The number of hydrogen-bond donors (Lipinski definition) is 1. The third-order valence-corrected chi connectivity index (χ3v) is 8.47. The lowest BCUT2D eigenvalue weighted by Crippen LogP contribution is -2.23. The Morgan fingerprint density at radius 3 is 1.68 bits per heavy atom. The molecule has 0 radical (unpaired) electrons. The highest BCUT2D eigenvalue weighted by molar-refractivity contribution is 7.54. The molecular weight excluding hydrogens is 491 g/mol. The summed E-state index contributed by atoms with van der Waals surface area (Å²) in [5, 5.41) is 9.48. The lowest BCUT2D eigenvalue weighted by atomic mass is 10.1. The molecule has 0 saturated heterocycles. The molecule has 1 aromatic rings. The van der Waals surface area contributed by atoms with E-state index in [9.17, 15) is 19.3 Å². The van der Waals surface area contributed by atoms with Crippen molar-refractivity contribution in [3.63, 3.8) is 0 Å². The number of rotatable bonds is 23.